The van der Waals surface area contributed by atoms with Gasteiger partial charge in [-0.05, 0) is 56.0 Å². The molecule has 3 aromatic rings. The highest BCUT2D eigenvalue weighted by molar-refractivity contribution is 7.89. The number of aromatic amines is 1. The third-order valence-electron chi connectivity index (χ3n) is 5.76. The quantitative estimate of drug-likeness (QED) is 0.550. The van der Waals surface area contributed by atoms with Gasteiger partial charge in [0.1, 0.15) is 5.39 Å². The molecular weight excluding hydrogens is 456 g/mol. The highest BCUT2D eigenvalue weighted by Crippen LogP contribution is 2.32. The number of nitrogens with one attached hydrogen (secondary N) is 2. The average Bonchev–Trinajstić information content (AvgIpc) is 3.56. The third-order valence-corrected chi connectivity index (χ3v) is 7.64. The van der Waals surface area contributed by atoms with Gasteiger partial charge in [0.25, 0.3) is 5.56 Å². The lowest BCUT2D eigenvalue weighted by Gasteiger charge is -2.30. The monoisotopic (exact) mass is 484 g/mol. The Morgan fingerprint density at radius 2 is 1.97 bits per heavy atom. The van der Waals surface area contributed by atoms with Crippen LogP contribution in [0, 0.1) is 17.2 Å². The zero-order valence-electron chi connectivity index (χ0n) is 19.2. The van der Waals surface area contributed by atoms with Crippen molar-refractivity contribution in [2.45, 2.75) is 44.2 Å². The van der Waals surface area contributed by atoms with Crippen LogP contribution in [0.5, 0.6) is 0 Å². The number of hydrogen-bond donors (Lipinski definition) is 2. The third kappa shape index (κ3) is 5.14. The van der Waals surface area contributed by atoms with Crippen LogP contribution in [0.1, 0.15) is 26.7 Å². The number of fused-ring (bicyclic) bond motifs is 1. The van der Waals surface area contributed by atoms with Crippen molar-refractivity contribution < 1.29 is 13.2 Å². The van der Waals surface area contributed by atoms with E-state index in [-0.39, 0.29) is 16.6 Å². The first-order valence-electron chi connectivity index (χ1n) is 11.2. The molecule has 2 aliphatic rings. The molecule has 0 amide bonds. The van der Waals surface area contributed by atoms with Gasteiger partial charge >= 0.3 is 0 Å². The zero-order chi connectivity index (χ0) is 24.3. The van der Waals surface area contributed by atoms with Crippen LogP contribution in [0.4, 0.5) is 11.5 Å². The van der Waals surface area contributed by atoms with Gasteiger partial charge in [-0.25, -0.2) is 8.42 Å². The summed E-state index contributed by atoms with van der Waals surface area (Å²) < 4.78 is 34.6. The van der Waals surface area contributed by atoms with E-state index in [0.717, 1.165) is 12.1 Å². The van der Waals surface area contributed by atoms with E-state index < -0.39 is 10.0 Å². The molecular formula is C23H28N6O4S. The lowest BCUT2D eigenvalue weighted by atomic mass is 10.3. The molecule has 3 heterocycles. The van der Waals surface area contributed by atoms with E-state index in [1.807, 2.05) is 17.7 Å². The molecule has 34 heavy (non-hydrogen) atoms. The normalized spacial score (nSPS) is 18.7. The first-order valence-corrected chi connectivity index (χ1v) is 12.7. The molecule has 0 radical (unpaired) electrons. The Morgan fingerprint density at radius 3 is 2.62 bits per heavy atom. The number of hydrogen-bond acceptors (Lipinski definition) is 7. The first kappa shape index (κ1) is 23.9. The van der Waals surface area contributed by atoms with Crippen LogP contribution in [-0.2, 0) is 21.3 Å². The summed E-state index contributed by atoms with van der Waals surface area (Å²) >= 11 is 0. The number of benzene rings is 1. The fourth-order valence-electron chi connectivity index (χ4n) is 3.91. The summed E-state index contributed by atoms with van der Waals surface area (Å²) in [6, 6.07) is 10.1. The van der Waals surface area contributed by atoms with Crippen molar-refractivity contribution in [1.29, 1.82) is 5.26 Å². The molecule has 5 rings (SSSR count). The van der Waals surface area contributed by atoms with E-state index in [0.29, 0.717) is 42.5 Å². The molecule has 1 aromatic carbocycles. The van der Waals surface area contributed by atoms with Crippen molar-refractivity contribution in [1.82, 2.24) is 19.1 Å². The first-order chi connectivity index (χ1) is 16.3. The number of morpholine rings is 1. The van der Waals surface area contributed by atoms with Crippen LogP contribution in [0.25, 0.3) is 10.9 Å². The van der Waals surface area contributed by atoms with Crippen LogP contribution in [0.3, 0.4) is 0 Å². The van der Waals surface area contributed by atoms with Gasteiger partial charge in [0.2, 0.25) is 10.0 Å². The van der Waals surface area contributed by atoms with Crippen LogP contribution in [0.2, 0.25) is 0 Å². The molecule has 0 unspecified atom stereocenters. The fourth-order valence-corrected chi connectivity index (χ4v) is 5.41. The fraction of sp³-hybridized carbons (Fsp3) is 0.435. The highest BCUT2D eigenvalue weighted by atomic mass is 32.2. The number of nitriles is 1. The molecule has 2 aromatic heterocycles. The SMILES string of the molecule is CC#N.C[C@H]1CN(S(=O)(=O)c2ccc(Nc3nn(CC4CC4)c4cc[nH]c(=O)c34)cc2)CCO1. The summed E-state index contributed by atoms with van der Waals surface area (Å²) in [6.45, 7) is 5.17. The summed E-state index contributed by atoms with van der Waals surface area (Å²) in [6.07, 6.45) is 3.88. The molecule has 1 saturated carbocycles. The Bertz CT molecular complexity index is 1350. The number of anilines is 2. The maximum atomic E-state index is 12.9. The second-order valence-electron chi connectivity index (χ2n) is 8.46. The van der Waals surface area contributed by atoms with Gasteiger partial charge in [-0.3, -0.25) is 9.48 Å². The Morgan fingerprint density at radius 1 is 1.26 bits per heavy atom. The number of sulfonamides is 1. The Labute approximate surface area is 198 Å². The second kappa shape index (κ2) is 9.97. The Balaban J connectivity index is 0.000000868. The van der Waals surface area contributed by atoms with Gasteiger partial charge in [-0.1, -0.05) is 0 Å². The summed E-state index contributed by atoms with van der Waals surface area (Å²) in [4.78, 5) is 15.4. The maximum absolute atomic E-state index is 12.9. The molecule has 11 heteroatoms. The molecule has 2 N–H and O–H groups in total. The van der Waals surface area contributed by atoms with Gasteiger partial charge < -0.3 is 15.0 Å². The van der Waals surface area contributed by atoms with Crippen molar-refractivity contribution in [3.8, 4) is 6.07 Å². The summed E-state index contributed by atoms with van der Waals surface area (Å²) in [5.41, 5.74) is 1.25. The van der Waals surface area contributed by atoms with Crippen LogP contribution in [-0.4, -0.2) is 53.3 Å². The lowest BCUT2D eigenvalue weighted by Crippen LogP contribution is -2.44. The van der Waals surface area contributed by atoms with E-state index in [4.69, 9.17) is 10.00 Å². The Kier molecular flexibility index (Phi) is 7.02. The van der Waals surface area contributed by atoms with Crippen molar-refractivity contribution in [3.63, 3.8) is 0 Å². The number of H-pyrrole nitrogens is 1. The van der Waals surface area contributed by atoms with E-state index >= 15 is 0 Å². The van der Waals surface area contributed by atoms with Crippen LogP contribution < -0.4 is 10.9 Å². The summed E-state index contributed by atoms with van der Waals surface area (Å²) in [5.74, 6) is 1.08. The van der Waals surface area contributed by atoms with Gasteiger partial charge in [-0.15, -0.1) is 0 Å². The number of aromatic nitrogens is 3. The summed E-state index contributed by atoms with van der Waals surface area (Å²) in [7, 11) is -3.58. The molecule has 1 atom stereocenters. The van der Waals surface area contributed by atoms with Crippen LogP contribution in [0.15, 0.2) is 46.2 Å². The van der Waals surface area contributed by atoms with E-state index in [1.54, 1.807) is 36.5 Å². The Hall–Kier alpha value is -3.20. The summed E-state index contributed by atoms with van der Waals surface area (Å²) in [5, 5.41) is 15.6. The minimum absolute atomic E-state index is 0.124. The van der Waals surface area contributed by atoms with Crippen LogP contribution >= 0.6 is 0 Å². The minimum atomic E-state index is -3.58. The van der Waals surface area contributed by atoms with Crippen molar-refractivity contribution in [3.05, 3.63) is 46.9 Å². The van der Waals surface area contributed by atoms with Gasteiger partial charge in [0, 0.05) is 38.4 Å². The largest absolute Gasteiger partial charge is 0.376 e. The molecule has 0 bridgehead atoms. The van der Waals surface area contributed by atoms with Crippen molar-refractivity contribution >= 4 is 32.4 Å². The zero-order valence-corrected chi connectivity index (χ0v) is 20.0. The minimum Gasteiger partial charge on any atom is -0.376 e. The van der Waals surface area contributed by atoms with E-state index in [1.165, 1.54) is 24.1 Å². The molecule has 2 fully saturated rings. The standard InChI is InChI=1S/C21H25N5O4S.C2H3N/c1-14-12-25(10-11-30-14)31(28,29)17-6-4-16(5-7-17)23-20-19-18(8-9-22-21(19)27)26(24-20)13-15-2-3-15;1-2-3/h4-9,14-15H,2-3,10-13H2,1H3,(H,22,27)(H,23,24);1H3/t14-;/m0./s1. The molecule has 1 aliphatic carbocycles. The maximum Gasteiger partial charge on any atom is 0.261 e. The number of ether oxygens (including phenoxy) is 1. The number of rotatable bonds is 6. The molecule has 1 aliphatic heterocycles. The molecule has 180 valence electrons. The van der Waals surface area contributed by atoms with E-state index in [9.17, 15) is 13.2 Å². The van der Waals surface area contributed by atoms with Gasteiger partial charge in [0.05, 0.1) is 29.2 Å². The van der Waals surface area contributed by atoms with Crippen molar-refractivity contribution in [2.24, 2.45) is 5.92 Å². The lowest BCUT2D eigenvalue weighted by molar-refractivity contribution is 0.0102. The predicted octanol–water partition coefficient (Wildman–Crippen LogP) is 2.82. The smallest absolute Gasteiger partial charge is 0.261 e. The van der Waals surface area contributed by atoms with Gasteiger partial charge in [-0.2, -0.15) is 14.7 Å². The molecule has 10 nitrogen and oxygen atoms in total. The highest BCUT2D eigenvalue weighted by Gasteiger charge is 2.29. The van der Waals surface area contributed by atoms with Crippen molar-refractivity contribution in [2.75, 3.05) is 25.0 Å². The van der Waals surface area contributed by atoms with E-state index in [2.05, 4.69) is 15.4 Å². The topological polar surface area (TPSA) is 133 Å². The van der Waals surface area contributed by atoms with Gasteiger partial charge in [0.15, 0.2) is 5.82 Å². The number of nitrogens with zero attached hydrogens (tertiary/aromatic N) is 4. The molecule has 1 saturated heterocycles. The predicted molar refractivity (Wildman–Crippen MR) is 128 cm³/mol. The average molecular weight is 485 g/mol. The molecule has 0 spiro atoms. The number of pyridine rings is 1. The second-order valence-corrected chi connectivity index (χ2v) is 10.4.